The number of aliphatic hydroxyl groups is 1. The van der Waals surface area contributed by atoms with E-state index in [-0.39, 0.29) is 12.5 Å². The molecule has 2 fully saturated rings. The van der Waals surface area contributed by atoms with Crippen LogP contribution < -0.4 is 0 Å². The minimum atomic E-state index is -1.30. The number of rotatable bonds is 3. The number of hydrogen-bond acceptors (Lipinski definition) is 2. The molecule has 3 heteroatoms. The molecule has 1 aromatic carbocycles. The standard InChI is InChI=1S/C14H18FNO/c15-14(10-17)6-12-8-16(9-13(12)14)7-11-4-2-1-3-5-11/h1-5,12-13,17H,6-10H2. The fourth-order valence-corrected chi connectivity index (χ4v) is 3.33. The minimum absolute atomic E-state index is 0.0520. The minimum Gasteiger partial charge on any atom is -0.393 e. The van der Waals surface area contributed by atoms with Crippen LogP contribution in [0.25, 0.3) is 0 Å². The van der Waals surface area contributed by atoms with Crippen molar-refractivity contribution < 1.29 is 9.50 Å². The van der Waals surface area contributed by atoms with Crippen molar-refractivity contribution in [2.75, 3.05) is 19.7 Å². The Morgan fingerprint density at radius 3 is 2.76 bits per heavy atom. The van der Waals surface area contributed by atoms with Crippen LogP contribution in [-0.4, -0.2) is 35.4 Å². The van der Waals surface area contributed by atoms with Crippen LogP contribution in [0.4, 0.5) is 4.39 Å². The average molecular weight is 235 g/mol. The second-order valence-electron chi connectivity index (χ2n) is 5.44. The van der Waals surface area contributed by atoms with E-state index in [1.165, 1.54) is 5.56 Å². The van der Waals surface area contributed by atoms with Crippen LogP contribution in [0.5, 0.6) is 0 Å². The SMILES string of the molecule is OCC1(F)CC2CN(Cc3ccccc3)CC21. The third kappa shape index (κ3) is 1.87. The van der Waals surface area contributed by atoms with Crippen LogP contribution >= 0.6 is 0 Å². The number of hydrogen-bond donors (Lipinski definition) is 1. The zero-order valence-electron chi connectivity index (χ0n) is 9.85. The molecular formula is C14H18FNO. The first-order valence-corrected chi connectivity index (χ1v) is 6.27. The summed E-state index contributed by atoms with van der Waals surface area (Å²) >= 11 is 0. The van der Waals surface area contributed by atoms with Gasteiger partial charge in [-0.3, -0.25) is 4.90 Å². The van der Waals surface area contributed by atoms with Gasteiger partial charge in [0.05, 0.1) is 6.61 Å². The normalized spacial score (nSPS) is 36.6. The Balaban J connectivity index is 1.62. The molecule has 3 unspecified atom stereocenters. The van der Waals surface area contributed by atoms with Crippen molar-refractivity contribution in [1.29, 1.82) is 0 Å². The van der Waals surface area contributed by atoms with E-state index in [1.54, 1.807) is 0 Å². The van der Waals surface area contributed by atoms with E-state index < -0.39 is 5.67 Å². The van der Waals surface area contributed by atoms with Crippen LogP contribution in [0, 0.1) is 11.8 Å². The second kappa shape index (κ2) is 4.07. The molecule has 1 heterocycles. The molecule has 0 radical (unpaired) electrons. The second-order valence-corrected chi connectivity index (χ2v) is 5.44. The summed E-state index contributed by atoms with van der Waals surface area (Å²) in [5.41, 5.74) is -0.0157. The van der Waals surface area contributed by atoms with Gasteiger partial charge in [-0.05, 0) is 17.9 Å². The summed E-state index contributed by atoms with van der Waals surface area (Å²) in [4.78, 5) is 2.31. The molecule has 2 nitrogen and oxygen atoms in total. The molecule has 0 aromatic heterocycles. The predicted octanol–water partition coefficient (Wildman–Crippen LogP) is 1.84. The first-order valence-electron chi connectivity index (χ1n) is 6.27. The van der Waals surface area contributed by atoms with E-state index >= 15 is 0 Å². The van der Waals surface area contributed by atoms with Crippen LogP contribution in [0.3, 0.4) is 0 Å². The number of likely N-dealkylation sites (tertiary alicyclic amines) is 1. The zero-order chi connectivity index (χ0) is 11.9. The fourth-order valence-electron chi connectivity index (χ4n) is 3.33. The topological polar surface area (TPSA) is 23.5 Å². The molecule has 1 saturated heterocycles. The van der Waals surface area contributed by atoms with Gasteiger partial charge in [0.15, 0.2) is 0 Å². The van der Waals surface area contributed by atoms with E-state index in [2.05, 4.69) is 17.0 Å². The summed E-state index contributed by atoms with van der Waals surface area (Å²) < 4.78 is 14.0. The third-order valence-corrected chi connectivity index (χ3v) is 4.29. The van der Waals surface area contributed by atoms with Gasteiger partial charge < -0.3 is 5.11 Å². The molecule has 1 aromatic rings. The number of benzene rings is 1. The van der Waals surface area contributed by atoms with Crippen LogP contribution in [0.2, 0.25) is 0 Å². The first kappa shape index (κ1) is 11.2. The van der Waals surface area contributed by atoms with Crippen molar-refractivity contribution >= 4 is 0 Å². The number of halogens is 1. The van der Waals surface area contributed by atoms with Crippen molar-refractivity contribution in [3.8, 4) is 0 Å². The van der Waals surface area contributed by atoms with E-state index in [1.807, 2.05) is 18.2 Å². The summed E-state index contributed by atoms with van der Waals surface area (Å²) in [5.74, 6) is 0.507. The van der Waals surface area contributed by atoms with E-state index in [0.717, 1.165) is 19.6 Å². The molecule has 2 aliphatic rings. The summed E-state index contributed by atoms with van der Waals surface area (Å²) in [6.07, 6.45) is 0.541. The molecule has 3 atom stereocenters. The number of nitrogens with zero attached hydrogens (tertiary/aromatic N) is 1. The average Bonchev–Trinajstić information content (AvgIpc) is 2.68. The highest BCUT2D eigenvalue weighted by molar-refractivity contribution is 5.16. The molecule has 0 bridgehead atoms. The van der Waals surface area contributed by atoms with Gasteiger partial charge in [0, 0.05) is 25.6 Å². The fraction of sp³-hybridized carbons (Fsp3) is 0.571. The van der Waals surface area contributed by atoms with Gasteiger partial charge in [0.25, 0.3) is 0 Å². The first-order chi connectivity index (χ1) is 8.21. The lowest BCUT2D eigenvalue weighted by atomic mass is 9.65. The van der Waals surface area contributed by atoms with Crippen molar-refractivity contribution in [2.24, 2.45) is 11.8 Å². The summed E-state index contributed by atoms with van der Waals surface area (Å²) in [7, 11) is 0. The molecule has 0 amide bonds. The van der Waals surface area contributed by atoms with Gasteiger partial charge in [-0.25, -0.2) is 4.39 Å². The van der Waals surface area contributed by atoms with Crippen molar-refractivity contribution in [3.63, 3.8) is 0 Å². The molecule has 0 spiro atoms. The number of fused-ring (bicyclic) bond motifs is 1. The maximum Gasteiger partial charge on any atom is 0.138 e. The van der Waals surface area contributed by atoms with Crippen LogP contribution in [0.15, 0.2) is 30.3 Å². The van der Waals surface area contributed by atoms with Gasteiger partial charge >= 0.3 is 0 Å². The lowest BCUT2D eigenvalue weighted by Gasteiger charge is -2.44. The van der Waals surface area contributed by atoms with Gasteiger partial charge in [-0.15, -0.1) is 0 Å². The molecular weight excluding hydrogens is 217 g/mol. The molecule has 3 rings (SSSR count). The Morgan fingerprint density at radius 1 is 1.29 bits per heavy atom. The lowest BCUT2D eigenvalue weighted by molar-refractivity contribution is -0.0823. The van der Waals surface area contributed by atoms with Crippen molar-refractivity contribution in [2.45, 2.75) is 18.6 Å². The maximum atomic E-state index is 14.0. The third-order valence-electron chi connectivity index (χ3n) is 4.29. The van der Waals surface area contributed by atoms with Gasteiger partial charge in [0.1, 0.15) is 5.67 Å². The van der Waals surface area contributed by atoms with Crippen LogP contribution in [0.1, 0.15) is 12.0 Å². The highest BCUT2D eigenvalue weighted by Gasteiger charge is 2.57. The van der Waals surface area contributed by atoms with Crippen LogP contribution in [-0.2, 0) is 6.54 Å². The highest BCUT2D eigenvalue weighted by Crippen LogP contribution is 2.51. The predicted molar refractivity (Wildman–Crippen MR) is 64.2 cm³/mol. The summed E-state index contributed by atoms with van der Waals surface area (Å²) in [5, 5.41) is 9.07. The van der Waals surface area contributed by atoms with Crippen molar-refractivity contribution in [1.82, 2.24) is 4.90 Å². The Labute approximate surface area is 101 Å². The Bertz CT molecular complexity index is 396. The zero-order valence-corrected chi connectivity index (χ0v) is 9.85. The highest BCUT2D eigenvalue weighted by atomic mass is 19.1. The van der Waals surface area contributed by atoms with E-state index in [9.17, 15) is 4.39 Å². The number of alkyl halides is 1. The van der Waals surface area contributed by atoms with Gasteiger partial charge in [-0.1, -0.05) is 30.3 Å². The lowest BCUT2D eigenvalue weighted by Crippen LogP contribution is -2.52. The Hall–Kier alpha value is -0.930. The molecule has 1 aliphatic heterocycles. The molecule has 1 N–H and O–H groups in total. The largest absolute Gasteiger partial charge is 0.393 e. The molecule has 1 saturated carbocycles. The van der Waals surface area contributed by atoms with E-state index in [4.69, 9.17) is 5.11 Å². The van der Waals surface area contributed by atoms with Gasteiger partial charge in [-0.2, -0.15) is 0 Å². The van der Waals surface area contributed by atoms with Gasteiger partial charge in [0.2, 0.25) is 0 Å². The maximum absolute atomic E-state index is 14.0. The monoisotopic (exact) mass is 235 g/mol. The van der Waals surface area contributed by atoms with Crippen molar-refractivity contribution in [3.05, 3.63) is 35.9 Å². The molecule has 1 aliphatic carbocycles. The quantitative estimate of drug-likeness (QED) is 0.864. The summed E-state index contributed by atoms with van der Waals surface area (Å²) in [6, 6.07) is 10.3. The smallest absolute Gasteiger partial charge is 0.138 e. The van der Waals surface area contributed by atoms with E-state index in [0.29, 0.717) is 12.3 Å². The Morgan fingerprint density at radius 2 is 2.06 bits per heavy atom. The molecule has 92 valence electrons. The Kier molecular flexibility index (Phi) is 2.68. The number of aliphatic hydroxyl groups excluding tert-OH is 1. The summed E-state index contributed by atoms with van der Waals surface area (Å²) in [6.45, 7) is 2.35. The molecule has 17 heavy (non-hydrogen) atoms.